The molecule has 1 unspecified atom stereocenters. The molecular formula is C15H25NO7. The molecular weight excluding hydrogens is 306 g/mol. The number of carbonyl (C=O) groups is 3. The topological polar surface area (TPSA) is 100 Å². The highest BCUT2D eigenvalue weighted by Gasteiger charge is 2.32. The van der Waals surface area contributed by atoms with Crippen LogP contribution in [0.2, 0.25) is 0 Å². The highest BCUT2D eigenvalue weighted by molar-refractivity contribution is 5.86. The molecule has 0 radical (unpaired) electrons. The number of carbonyl (C=O) groups excluding carboxylic acids is 3. The normalized spacial score (nSPS) is 12.0. The van der Waals surface area contributed by atoms with E-state index < -0.39 is 29.7 Å². The minimum absolute atomic E-state index is 0.00240. The lowest BCUT2D eigenvalue weighted by Gasteiger charge is -2.24. The van der Waals surface area contributed by atoms with E-state index in [1.807, 2.05) is 0 Å². The fraction of sp³-hybridized carbons (Fsp3) is 0.667. The zero-order chi connectivity index (χ0) is 18.0. The average molecular weight is 331 g/mol. The highest BCUT2D eigenvalue weighted by atomic mass is 16.7. The number of hydrogen-bond donors (Lipinski definition) is 1. The van der Waals surface area contributed by atoms with Crippen molar-refractivity contribution in [3.8, 4) is 0 Å². The van der Waals surface area contributed by atoms with E-state index in [-0.39, 0.29) is 25.3 Å². The van der Waals surface area contributed by atoms with Crippen LogP contribution in [-0.2, 0) is 28.5 Å². The molecule has 0 bridgehead atoms. The van der Waals surface area contributed by atoms with Crippen molar-refractivity contribution in [1.29, 1.82) is 0 Å². The highest BCUT2D eigenvalue weighted by Crippen LogP contribution is 2.19. The van der Waals surface area contributed by atoms with Crippen LogP contribution in [-0.4, -0.2) is 51.2 Å². The molecule has 0 fully saturated rings. The summed E-state index contributed by atoms with van der Waals surface area (Å²) < 4.78 is 19.6. The first-order valence-electron chi connectivity index (χ1n) is 7.07. The number of alkyl carbamates (subject to hydrolysis) is 1. The monoisotopic (exact) mass is 331 g/mol. The molecule has 0 saturated heterocycles. The molecule has 0 rings (SSSR count). The number of hydrogen-bond acceptors (Lipinski definition) is 7. The Hall–Kier alpha value is -2.09. The predicted octanol–water partition coefficient (Wildman–Crippen LogP) is 1.39. The van der Waals surface area contributed by atoms with Gasteiger partial charge in [0.05, 0.1) is 12.0 Å². The second-order valence-electron chi connectivity index (χ2n) is 5.51. The lowest BCUT2D eigenvalue weighted by molar-refractivity contribution is -0.182. The van der Waals surface area contributed by atoms with Gasteiger partial charge in [-0.15, -0.1) is 0 Å². The second-order valence-corrected chi connectivity index (χ2v) is 5.51. The van der Waals surface area contributed by atoms with Crippen molar-refractivity contribution in [2.45, 2.75) is 34.0 Å². The Morgan fingerprint density at radius 3 is 2.35 bits per heavy atom. The van der Waals surface area contributed by atoms with Gasteiger partial charge in [0.1, 0.15) is 13.2 Å². The molecule has 0 saturated carbocycles. The summed E-state index contributed by atoms with van der Waals surface area (Å²) >= 11 is 0. The Morgan fingerprint density at radius 2 is 1.83 bits per heavy atom. The Labute approximate surface area is 136 Å². The maximum Gasteiger partial charge on any atom is 0.407 e. The fourth-order valence-electron chi connectivity index (χ4n) is 1.13. The van der Waals surface area contributed by atoms with E-state index in [0.29, 0.717) is 0 Å². The van der Waals surface area contributed by atoms with Crippen LogP contribution in [0.15, 0.2) is 12.2 Å². The molecule has 0 aliphatic carbocycles. The number of methoxy groups -OCH3 is 1. The van der Waals surface area contributed by atoms with Crippen LogP contribution in [0, 0.1) is 5.41 Å². The fourth-order valence-corrected chi connectivity index (χ4v) is 1.13. The number of amides is 1. The Morgan fingerprint density at radius 1 is 1.22 bits per heavy atom. The van der Waals surface area contributed by atoms with Crippen LogP contribution in [0.1, 0.15) is 27.7 Å². The molecule has 1 N–H and O–H groups in total. The molecule has 0 aromatic carbocycles. The third-order valence-electron chi connectivity index (χ3n) is 2.67. The van der Waals surface area contributed by atoms with Gasteiger partial charge in [0.25, 0.3) is 0 Å². The summed E-state index contributed by atoms with van der Waals surface area (Å²) in [6, 6.07) is 0. The van der Waals surface area contributed by atoms with E-state index in [1.165, 1.54) is 14.0 Å². The van der Waals surface area contributed by atoms with Gasteiger partial charge < -0.3 is 24.3 Å². The molecule has 0 heterocycles. The van der Waals surface area contributed by atoms with E-state index in [1.54, 1.807) is 20.8 Å². The van der Waals surface area contributed by atoms with Gasteiger partial charge in [0.15, 0.2) is 6.29 Å². The van der Waals surface area contributed by atoms with Crippen LogP contribution in [0.5, 0.6) is 0 Å². The quantitative estimate of drug-likeness (QED) is 0.224. The molecule has 0 aliphatic heterocycles. The molecule has 0 aromatic rings. The first kappa shape index (κ1) is 20.9. The summed E-state index contributed by atoms with van der Waals surface area (Å²) in [5.41, 5.74) is -0.741. The number of esters is 2. The molecule has 0 aromatic heterocycles. The van der Waals surface area contributed by atoms with Crippen molar-refractivity contribution in [3.63, 3.8) is 0 Å². The number of ether oxygens (including phenoxy) is 4. The van der Waals surface area contributed by atoms with Crippen molar-refractivity contribution in [2.24, 2.45) is 5.41 Å². The molecule has 1 amide bonds. The first-order valence-corrected chi connectivity index (χ1v) is 7.07. The molecule has 0 aliphatic rings. The maximum atomic E-state index is 11.9. The van der Waals surface area contributed by atoms with Gasteiger partial charge >= 0.3 is 18.0 Å². The minimum atomic E-state index is -1.02. The molecule has 1 atom stereocenters. The smallest absolute Gasteiger partial charge is 0.407 e. The van der Waals surface area contributed by atoms with Gasteiger partial charge in [0.2, 0.25) is 0 Å². The van der Waals surface area contributed by atoms with Gasteiger partial charge in [-0.3, -0.25) is 4.79 Å². The summed E-state index contributed by atoms with van der Waals surface area (Å²) in [7, 11) is 1.41. The van der Waals surface area contributed by atoms with E-state index >= 15 is 0 Å². The van der Waals surface area contributed by atoms with Gasteiger partial charge in [-0.25, -0.2) is 9.59 Å². The summed E-state index contributed by atoms with van der Waals surface area (Å²) in [5, 5.41) is 2.40. The lowest BCUT2D eigenvalue weighted by atomic mass is 9.95. The van der Waals surface area contributed by atoms with Crippen LogP contribution in [0.4, 0.5) is 4.79 Å². The summed E-state index contributed by atoms with van der Waals surface area (Å²) in [6.07, 6.45) is -1.41. The van der Waals surface area contributed by atoms with Crippen LogP contribution < -0.4 is 5.32 Å². The van der Waals surface area contributed by atoms with Crippen LogP contribution >= 0.6 is 0 Å². The molecule has 8 heteroatoms. The SMILES string of the molecule is C=C(C)C(=O)OCCNC(=O)OCC(C)(C)C(=O)OC(C)OC. The summed E-state index contributed by atoms with van der Waals surface area (Å²) in [4.78, 5) is 34.5. The average Bonchev–Trinajstić information content (AvgIpc) is 2.48. The Kier molecular flexibility index (Phi) is 8.94. The third-order valence-corrected chi connectivity index (χ3v) is 2.67. The molecule has 0 spiro atoms. The zero-order valence-electron chi connectivity index (χ0n) is 14.3. The number of rotatable bonds is 9. The molecule has 8 nitrogen and oxygen atoms in total. The van der Waals surface area contributed by atoms with E-state index in [2.05, 4.69) is 11.9 Å². The van der Waals surface area contributed by atoms with Gasteiger partial charge in [0, 0.05) is 12.7 Å². The first-order chi connectivity index (χ1) is 10.6. The summed E-state index contributed by atoms with van der Waals surface area (Å²) in [5.74, 6) is -1.08. The number of nitrogens with one attached hydrogen (secondary N) is 1. The maximum absolute atomic E-state index is 11.9. The molecule has 132 valence electrons. The van der Waals surface area contributed by atoms with E-state index in [0.717, 1.165) is 0 Å². The Bertz CT molecular complexity index is 445. The van der Waals surface area contributed by atoms with Crippen molar-refractivity contribution < 1.29 is 33.3 Å². The van der Waals surface area contributed by atoms with Crippen molar-refractivity contribution in [1.82, 2.24) is 5.32 Å². The standard InChI is InChI=1S/C15H25NO7/c1-10(2)12(17)21-8-7-16-14(19)22-9-15(4,5)13(18)23-11(3)20-6/h11H,1,7-9H2,2-6H3,(H,16,19). The second kappa shape index (κ2) is 9.83. The van der Waals surface area contributed by atoms with Gasteiger partial charge in [-0.1, -0.05) is 6.58 Å². The van der Waals surface area contributed by atoms with Gasteiger partial charge in [-0.2, -0.15) is 0 Å². The third kappa shape index (κ3) is 8.82. The largest absolute Gasteiger partial charge is 0.460 e. The minimum Gasteiger partial charge on any atom is -0.460 e. The van der Waals surface area contributed by atoms with Crippen molar-refractivity contribution in [3.05, 3.63) is 12.2 Å². The molecule has 23 heavy (non-hydrogen) atoms. The Balaban J connectivity index is 4.05. The summed E-state index contributed by atoms with van der Waals surface area (Å²) in [6.45, 7) is 9.61. The van der Waals surface area contributed by atoms with Crippen molar-refractivity contribution >= 4 is 18.0 Å². The predicted molar refractivity (Wildman–Crippen MR) is 81.5 cm³/mol. The van der Waals surface area contributed by atoms with E-state index in [9.17, 15) is 14.4 Å². The lowest BCUT2D eigenvalue weighted by Crippen LogP contribution is -2.37. The zero-order valence-corrected chi connectivity index (χ0v) is 14.3. The van der Waals surface area contributed by atoms with Gasteiger partial charge in [-0.05, 0) is 27.7 Å². The van der Waals surface area contributed by atoms with Crippen LogP contribution in [0.3, 0.4) is 0 Å². The van der Waals surface area contributed by atoms with E-state index in [4.69, 9.17) is 18.9 Å². The van der Waals surface area contributed by atoms with Crippen LogP contribution in [0.25, 0.3) is 0 Å². The van der Waals surface area contributed by atoms with Crippen molar-refractivity contribution in [2.75, 3.05) is 26.9 Å².